The first-order valence-corrected chi connectivity index (χ1v) is 7.14. The molecule has 1 aromatic rings. The molecule has 1 heterocycles. The molecule has 1 atom stereocenters. The van der Waals surface area contributed by atoms with Gasteiger partial charge in [-0.2, -0.15) is 11.8 Å². The van der Waals surface area contributed by atoms with Gasteiger partial charge in [-0.15, -0.1) is 0 Å². The summed E-state index contributed by atoms with van der Waals surface area (Å²) in [7, 11) is 1.68. The van der Waals surface area contributed by atoms with E-state index in [1.807, 2.05) is 0 Å². The summed E-state index contributed by atoms with van der Waals surface area (Å²) in [6, 6.07) is 4.42. The van der Waals surface area contributed by atoms with Crippen molar-refractivity contribution in [1.29, 1.82) is 0 Å². The van der Waals surface area contributed by atoms with Crippen LogP contribution in [0.3, 0.4) is 0 Å². The minimum atomic E-state index is -1.03. The lowest BCUT2D eigenvalue weighted by atomic mass is 10.1. The Morgan fingerprint density at radius 1 is 1.47 bits per heavy atom. The van der Waals surface area contributed by atoms with Gasteiger partial charge in [0.15, 0.2) is 0 Å². The second-order valence-electron chi connectivity index (χ2n) is 4.54. The highest BCUT2D eigenvalue weighted by molar-refractivity contribution is 7.99. The molecule has 0 radical (unpaired) electrons. The number of aromatic carboxylic acids is 1. The van der Waals surface area contributed by atoms with Gasteiger partial charge in [-0.3, -0.25) is 4.79 Å². The third kappa shape index (κ3) is 2.84. The number of thioether (sulfide) groups is 1. The maximum Gasteiger partial charge on any atom is 0.335 e. The first kappa shape index (κ1) is 13.7. The van der Waals surface area contributed by atoms with E-state index in [-0.39, 0.29) is 17.4 Å². The zero-order chi connectivity index (χ0) is 14.0. The molecule has 0 aliphatic carbocycles. The second-order valence-corrected chi connectivity index (χ2v) is 5.69. The smallest absolute Gasteiger partial charge is 0.335 e. The van der Waals surface area contributed by atoms with Crippen LogP contribution < -0.4 is 10.6 Å². The van der Waals surface area contributed by atoms with Gasteiger partial charge >= 0.3 is 5.97 Å². The van der Waals surface area contributed by atoms with Crippen LogP contribution in [0.2, 0.25) is 0 Å². The van der Waals surface area contributed by atoms with Crippen molar-refractivity contribution in [2.45, 2.75) is 6.42 Å². The van der Waals surface area contributed by atoms with E-state index in [0.29, 0.717) is 11.4 Å². The maximum atomic E-state index is 12.3. The summed E-state index contributed by atoms with van der Waals surface area (Å²) in [5.74, 6) is 0.904. The Hall–Kier alpha value is -1.69. The van der Waals surface area contributed by atoms with Gasteiger partial charge in [0.05, 0.1) is 16.9 Å². The normalized spacial score (nSPS) is 18.3. The van der Waals surface area contributed by atoms with E-state index in [2.05, 4.69) is 0 Å². The van der Waals surface area contributed by atoms with Gasteiger partial charge in [0.25, 0.3) is 0 Å². The number of anilines is 2. The number of carbonyl (C=O) groups excluding carboxylic acids is 1. The first-order valence-electron chi connectivity index (χ1n) is 5.99. The fourth-order valence-corrected chi connectivity index (χ4v) is 3.33. The molecule has 19 heavy (non-hydrogen) atoms. The number of nitrogens with zero attached hydrogens (tertiary/aromatic N) is 1. The van der Waals surface area contributed by atoms with E-state index in [9.17, 15) is 9.59 Å². The molecule has 3 N–H and O–H groups in total. The third-order valence-electron chi connectivity index (χ3n) is 3.25. The molecular formula is C13H16N2O3S. The maximum absolute atomic E-state index is 12.3. The van der Waals surface area contributed by atoms with E-state index < -0.39 is 5.97 Å². The Morgan fingerprint density at radius 2 is 2.21 bits per heavy atom. The van der Waals surface area contributed by atoms with Crippen LogP contribution in [0.25, 0.3) is 0 Å². The van der Waals surface area contributed by atoms with E-state index >= 15 is 0 Å². The lowest BCUT2D eigenvalue weighted by molar-refractivity contribution is -0.121. The van der Waals surface area contributed by atoms with Crippen molar-refractivity contribution in [2.75, 3.05) is 29.2 Å². The van der Waals surface area contributed by atoms with Gasteiger partial charge in [-0.1, -0.05) is 0 Å². The first-order chi connectivity index (χ1) is 9.00. The van der Waals surface area contributed by atoms with E-state index in [1.165, 1.54) is 17.0 Å². The molecule has 0 saturated carbocycles. The quantitative estimate of drug-likeness (QED) is 0.823. The number of carboxylic acids is 1. The molecule has 0 bridgehead atoms. The van der Waals surface area contributed by atoms with Crippen LogP contribution in [-0.4, -0.2) is 35.5 Å². The Labute approximate surface area is 115 Å². The van der Waals surface area contributed by atoms with Gasteiger partial charge in [-0.25, -0.2) is 4.79 Å². The summed E-state index contributed by atoms with van der Waals surface area (Å²) >= 11 is 1.78. The van der Waals surface area contributed by atoms with Crippen molar-refractivity contribution < 1.29 is 14.7 Å². The molecule has 6 heteroatoms. The lowest BCUT2D eigenvalue weighted by Gasteiger charge is -2.22. The predicted octanol–water partition coefficient (Wildman–Crippen LogP) is 1.68. The van der Waals surface area contributed by atoms with Gasteiger partial charge < -0.3 is 15.7 Å². The van der Waals surface area contributed by atoms with Crippen molar-refractivity contribution in [1.82, 2.24) is 0 Å². The Bertz CT molecular complexity index is 513. The number of rotatable bonds is 3. The summed E-state index contributed by atoms with van der Waals surface area (Å²) in [4.78, 5) is 24.6. The van der Waals surface area contributed by atoms with Crippen LogP contribution in [0.5, 0.6) is 0 Å². The molecule has 1 aliphatic heterocycles. The van der Waals surface area contributed by atoms with Crippen molar-refractivity contribution in [2.24, 2.45) is 5.92 Å². The fraction of sp³-hybridized carbons (Fsp3) is 0.385. The molecule has 1 unspecified atom stereocenters. The monoisotopic (exact) mass is 280 g/mol. The molecule has 2 rings (SSSR count). The Morgan fingerprint density at radius 3 is 2.74 bits per heavy atom. The number of benzene rings is 1. The minimum Gasteiger partial charge on any atom is -0.478 e. The molecule has 102 valence electrons. The number of amides is 1. The van der Waals surface area contributed by atoms with Crippen LogP contribution in [0.1, 0.15) is 16.8 Å². The van der Waals surface area contributed by atoms with Crippen molar-refractivity contribution >= 4 is 35.0 Å². The average Bonchev–Trinajstić information content (AvgIpc) is 2.90. The topological polar surface area (TPSA) is 83.6 Å². The molecule has 1 amide bonds. The molecule has 0 aromatic heterocycles. The van der Waals surface area contributed by atoms with E-state index in [1.54, 1.807) is 24.9 Å². The largest absolute Gasteiger partial charge is 0.478 e. The highest BCUT2D eigenvalue weighted by atomic mass is 32.2. The zero-order valence-electron chi connectivity index (χ0n) is 10.6. The molecular weight excluding hydrogens is 264 g/mol. The number of hydrogen-bond acceptors (Lipinski definition) is 4. The molecule has 1 aromatic carbocycles. The minimum absolute atomic E-state index is 0.0357. The second kappa shape index (κ2) is 5.52. The number of carbonyl (C=O) groups is 2. The highest BCUT2D eigenvalue weighted by Gasteiger charge is 2.27. The number of carboxylic acid groups (broad SMARTS) is 1. The SMILES string of the molecule is CN(C(=O)C1CCSC1)c1ccc(C(=O)O)cc1N. The Balaban J connectivity index is 2.21. The summed E-state index contributed by atoms with van der Waals surface area (Å²) in [6.07, 6.45) is 0.890. The third-order valence-corrected chi connectivity index (χ3v) is 4.41. The van der Waals surface area contributed by atoms with Crippen molar-refractivity contribution in [3.8, 4) is 0 Å². The number of nitrogens with two attached hydrogens (primary N) is 1. The van der Waals surface area contributed by atoms with Crippen molar-refractivity contribution in [3.63, 3.8) is 0 Å². The molecule has 1 saturated heterocycles. The molecule has 0 spiro atoms. The summed E-state index contributed by atoms with van der Waals surface area (Å²) in [5, 5.41) is 8.88. The summed E-state index contributed by atoms with van der Waals surface area (Å²) < 4.78 is 0. The predicted molar refractivity (Wildman–Crippen MR) is 76.7 cm³/mol. The molecule has 1 aliphatic rings. The van der Waals surface area contributed by atoms with Gasteiger partial charge in [0, 0.05) is 18.7 Å². The van der Waals surface area contributed by atoms with Gasteiger partial charge in [-0.05, 0) is 30.4 Å². The van der Waals surface area contributed by atoms with E-state index in [0.717, 1.165) is 17.9 Å². The molecule has 5 nitrogen and oxygen atoms in total. The Kier molecular flexibility index (Phi) is 3.99. The standard InChI is InChI=1S/C13H16N2O3S/c1-15(12(16)9-4-5-19-7-9)11-3-2-8(13(17)18)6-10(11)14/h2-3,6,9H,4-5,7,14H2,1H3,(H,17,18). The van der Waals surface area contributed by atoms with Gasteiger partial charge in [0.2, 0.25) is 5.91 Å². The highest BCUT2D eigenvalue weighted by Crippen LogP contribution is 2.29. The number of nitrogen functional groups attached to an aromatic ring is 1. The zero-order valence-corrected chi connectivity index (χ0v) is 11.4. The molecule has 1 fully saturated rings. The fourth-order valence-electron chi connectivity index (χ4n) is 2.11. The summed E-state index contributed by atoms with van der Waals surface area (Å²) in [6.45, 7) is 0. The van der Waals surface area contributed by atoms with Gasteiger partial charge in [0.1, 0.15) is 0 Å². The summed E-state index contributed by atoms with van der Waals surface area (Å²) in [5.41, 5.74) is 6.83. The number of hydrogen-bond donors (Lipinski definition) is 2. The van der Waals surface area contributed by atoms with Crippen LogP contribution in [0, 0.1) is 5.92 Å². The van der Waals surface area contributed by atoms with Crippen LogP contribution >= 0.6 is 11.8 Å². The van der Waals surface area contributed by atoms with Crippen molar-refractivity contribution in [3.05, 3.63) is 23.8 Å². The van der Waals surface area contributed by atoms with E-state index in [4.69, 9.17) is 10.8 Å². The van der Waals surface area contributed by atoms with Crippen LogP contribution in [0.15, 0.2) is 18.2 Å². The van der Waals surface area contributed by atoms with Crippen LogP contribution in [-0.2, 0) is 4.79 Å². The lowest BCUT2D eigenvalue weighted by Crippen LogP contribution is -2.33. The average molecular weight is 280 g/mol. The van der Waals surface area contributed by atoms with Crippen LogP contribution in [0.4, 0.5) is 11.4 Å².